The zero-order valence-electron chi connectivity index (χ0n) is 23.3. The summed E-state index contributed by atoms with van der Waals surface area (Å²) in [6, 6.07) is 4.44. The minimum absolute atomic E-state index is 0.171. The fourth-order valence-corrected chi connectivity index (χ4v) is 5.65. The van der Waals surface area contributed by atoms with E-state index in [4.69, 9.17) is 4.74 Å². The molecule has 216 valence electrons. The molecule has 0 radical (unpaired) electrons. The van der Waals surface area contributed by atoms with E-state index in [9.17, 15) is 19.7 Å². The van der Waals surface area contributed by atoms with Gasteiger partial charge in [0.25, 0.3) is 17.5 Å². The van der Waals surface area contributed by atoms with Crippen molar-refractivity contribution in [3.8, 4) is 0 Å². The molecule has 13 heteroatoms. The predicted octanol–water partition coefficient (Wildman–Crippen LogP) is 3.16. The van der Waals surface area contributed by atoms with E-state index in [-0.39, 0.29) is 34.8 Å². The lowest BCUT2D eigenvalue weighted by atomic mass is 9.87. The highest BCUT2D eigenvalue weighted by Crippen LogP contribution is 2.39. The third-order valence-electron chi connectivity index (χ3n) is 7.60. The van der Waals surface area contributed by atoms with Crippen molar-refractivity contribution in [3.63, 3.8) is 0 Å². The van der Waals surface area contributed by atoms with Crippen LogP contribution in [0, 0.1) is 15.5 Å². The van der Waals surface area contributed by atoms with Gasteiger partial charge < -0.3 is 25.2 Å². The number of nitro benzene ring substituents is 1. The van der Waals surface area contributed by atoms with Crippen molar-refractivity contribution in [2.24, 2.45) is 5.41 Å². The number of nitro groups is 1. The van der Waals surface area contributed by atoms with Crippen LogP contribution in [-0.4, -0.2) is 109 Å². The van der Waals surface area contributed by atoms with Gasteiger partial charge in [0.2, 0.25) is 0 Å². The van der Waals surface area contributed by atoms with E-state index < -0.39 is 10.3 Å². The largest absolute Gasteiger partial charge is 0.387 e. The Labute approximate surface area is 242 Å². The van der Waals surface area contributed by atoms with Crippen molar-refractivity contribution < 1.29 is 19.2 Å². The smallest absolute Gasteiger partial charge is 0.294 e. The first-order valence-corrected chi connectivity index (χ1v) is 14.0. The number of ether oxygens (including phenoxy) is 1. The Morgan fingerprint density at radius 3 is 2.52 bits per heavy atom. The standard InChI is InChI=1S/C27H36BrN7O5/c1-27(2)17-34(25(36)18-11-20(29-3)15-30-14-18)16-23(27)31-24-21(12-19(28)13-22(24)35(38)39)26(37)33-7-5-32(6-8-33)9-10-40-4/h11-15,23,29,31H,5-10,16-17H2,1-4H3/t23-/m0/s1. The third kappa shape index (κ3) is 6.53. The topological polar surface area (TPSA) is 133 Å². The van der Waals surface area contributed by atoms with Crippen LogP contribution in [0.1, 0.15) is 34.6 Å². The van der Waals surface area contributed by atoms with Crippen LogP contribution in [0.2, 0.25) is 0 Å². The summed E-state index contributed by atoms with van der Waals surface area (Å²) in [4.78, 5) is 48.6. The summed E-state index contributed by atoms with van der Waals surface area (Å²) in [6.07, 6.45) is 3.17. The maximum atomic E-state index is 13.7. The van der Waals surface area contributed by atoms with Gasteiger partial charge in [0, 0.05) is 88.3 Å². The van der Waals surface area contributed by atoms with Crippen LogP contribution in [0.25, 0.3) is 0 Å². The summed E-state index contributed by atoms with van der Waals surface area (Å²) in [7, 11) is 3.42. The quantitative estimate of drug-likeness (QED) is 0.321. The molecule has 0 bridgehead atoms. The van der Waals surface area contributed by atoms with Crippen molar-refractivity contribution in [3.05, 3.63) is 56.3 Å². The number of carbonyl (C=O) groups is 2. The monoisotopic (exact) mass is 617 g/mol. The van der Waals surface area contributed by atoms with Crippen LogP contribution < -0.4 is 10.6 Å². The SMILES string of the molecule is CNc1cncc(C(=O)N2C[C@H](Nc3c(C(=O)N4CCN(CCOC)CC4)cc(Br)cc3[N+](=O)[O-])C(C)(C)C2)c1. The number of methoxy groups -OCH3 is 1. The minimum atomic E-state index is -0.480. The zero-order valence-corrected chi connectivity index (χ0v) is 24.9. The van der Waals surface area contributed by atoms with Gasteiger partial charge in [-0.15, -0.1) is 0 Å². The fourth-order valence-electron chi connectivity index (χ4n) is 5.20. The van der Waals surface area contributed by atoms with Crippen molar-refractivity contribution in [1.82, 2.24) is 19.7 Å². The summed E-state index contributed by atoms with van der Waals surface area (Å²) in [5.41, 5.74) is 0.968. The Kier molecular flexibility index (Phi) is 9.26. The number of nitrogens with zero attached hydrogens (tertiary/aromatic N) is 5. The molecule has 4 rings (SSSR count). The molecule has 2 N–H and O–H groups in total. The molecule has 1 aromatic heterocycles. The average Bonchev–Trinajstić information content (AvgIpc) is 3.25. The molecule has 40 heavy (non-hydrogen) atoms. The van der Waals surface area contributed by atoms with Gasteiger partial charge in [-0.3, -0.25) is 29.6 Å². The number of anilines is 2. The molecular weight excluding hydrogens is 582 g/mol. The zero-order chi connectivity index (χ0) is 29.0. The molecular formula is C27H36BrN7O5. The van der Waals surface area contributed by atoms with E-state index in [1.807, 2.05) is 13.8 Å². The van der Waals surface area contributed by atoms with Gasteiger partial charge in [-0.1, -0.05) is 29.8 Å². The van der Waals surface area contributed by atoms with Gasteiger partial charge in [0.15, 0.2) is 0 Å². The number of rotatable bonds is 9. The molecule has 0 saturated carbocycles. The van der Waals surface area contributed by atoms with Crippen LogP contribution in [0.5, 0.6) is 0 Å². The number of hydrogen-bond donors (Lipinski definition) is 2. The van der Waals surface area contributed by atoms with Crippen LogP contribution >= 0.6 is 15.9 Å². The molecule has 1 atom stereocenters. The summed E-state index contributed by atoms with van der Waals surface area (Å²) in [6.45, 7) is 8.59. The Hall–Kier alpha value is -3.29. The third-order valence-corrected chi connectivity index (χ3v) is 8.06. The van der Waals surface area contributed by atoms with Crippen molar-refractivity contribution >= 4 is 44.8 Å². The number of nitrogens with one attached hydrogen (secondary N) is 2. The molecule has 2 aliphatic rings. The normalized spacial score (nSPS) is 19.0. The molecule has 2 aliphatic heterocycles. The lowest BCUT2D eigenvalue weighted by Crippen LogP contribution is -2.49. The second kappa shape index (κ2) is 12.5. The molecule has 2 aromatic rings. The van der Waals surface area contributed by atoms with Gasteiger partial charge in [0.05, 0.1) is 34.4 Å². The van der Waals surface area contributed by atoms with Gasteiger partial charge in [-0.05, 0) is 12.1 Å². The summed E-state index contributed by atoms with van der Waals surface area (Å²) in [5, 5.41) is 18.5. The Bertz CT molecular complexity index is 1270. The lowest BCUT2D eigenvalue weighted by Gasteiger charge is -2.35. The minimum Gasteiger partial charge on any atom is -0.387 e. The molecule has 2 saturated heterocycles. The number of halogens is 1. The highest BCUT2D eigenvalue weighted by molar-refractivity contribution is 9.10. The molecule has 12 nitrogen and oxygen atoms in total. The van der Waals surface area contributed by atoms with E-state index in [2.05, 4.69) is 36.4 Å². The fraction of sp³-hybridized carbons (Fsp3) is 0.519. The molecule has 0 unspecified atom stereocenters. The van der Waals surface area contributed by atoms with E-state index in [1.165, 1.54) is 12.3 Å². The average molecular weight is 619 g/mol. The number of amides is 2. The Morgan fingerprint density at radius 2 is 1.88 bits per heavy atom. The highest BCUT2D eigenvalue weighted by atomic mass is 79.9. The molecule has 1 aromatic carbocycles. The second-order valence-electron chi connectivity index (χ2n) is 10.8. The Balaban J connectivity index is 1.59. The van der Waals surface area contributed by atoms with Crippen LogP contribution in [-0.2, 0) is 4.74 Å². The summed E-state index contributed by atoms with van der Waals surface area (Å²) in [5.74, 6) is -0.438. The van der Waals surface area contributed by atoms with Gasteiger partial charge in [0.1, 0.15) is 5.69 Å². The lowest BCUT2D eigenvalue weighted by molar-refractivity contribution is -0.384. The molecule has 0 spiro atoms. The van der Waals surface area contributed by atoms with Crippen LogP contribution in [0.15, 0.2) is 35.1 Å². The van der Waals surface area contributed by atoms with Crippen molar-refractivity contribution in [2.75, 3.05) is 77.2 Å². The van der Waals surface area contributed by atoms with E-state index in [0.717, 1.165) is 12.2 Å². The van der Waals surface area contributed by atoms with Crippen LogP contribution in [0.3, 0.4) is 0 Å². The highest BCUT2D eigenvalue weighted by Gasteiger charge is 2.43. The first-order valence-electron chi connectivity index (χ1n) is 13.2. The van der Waals surface area contributed by atoms with Gasteiger partial charge in [-0.25, -0.2) is 0 Å². The number of likely N-dealkylation sites (tertiary alicyclic amines) is 1. The predicted molar refractivity (Wildman–Crippen MR) is 156 cm³/mol. The van der Waals surface area contributed by atoms with E-state index in [0.29, 0.717) is 55.9 Å². The molecule has 2 fully saturated rings. The van der Waals surface area contributed by atoms with Crippen LogP contribution in [0.4, 0.5) is 17.1 Å². The first-order chi connectivity index (χ1) is 19.0. The van der Waals surface area contributed by atoms with Gasteiger partial charge in [-0.2, -0.15) is 0 Å². The number of piperazine rings is 1. The Morgan fingerprint density at radius 1 is 1.15 bits per heavy atom. The molecule has 3 heterocycles. The van der Waals surface area contributed by atoms with E-state index in [1.54, 1.807) is 42.3 Å². The number of pyridine rings is 1. The maximum Gasteiger partial charge on any atom is 0.294 e. The number of hydrogen-bond acceptors (Lipinski definition) is 9. The first kappa shape index (κ1) is 29.7. The molecule has 0 aliphatic carbocycles. The second-order valence-corrected chi connectivity index (χ2v) is 11.7. The summed E-state index contributed by atoms with van der Waals surface area (Å²) >= 11 is 3.36. The van der Waals surface area contributed by atoms with Gasteiger partial charge >= 0.3 is 0 Å². The number of aromatic nitrogens is 1. The maximum absolute atomic E-state index is 13.7. The molecule has 2 amide bonds. The number of benzene rings is 1. The van der Waals surface area contributed by atoms with Crippen molar-refractivity contribution in [1.29, 1.82) is 0 Å². The number of carbonyl (C=O) groups excluding carboxylic acids is 2. The van der Waals surface area contributed by atoms with E-state index >= 15 is 0 Å². The van der Waals surface area contributed by atoms with Crippen molar-refractivity contribution in [2.45, 2.75) is 19.9 Å². The summed E-state index contributed by atoms with van der Waals surface area (Å²) < 4.78 is 5.61.